The van der Waals surface area contributed by atoms with Crippen molar-refractivity contribution < 1.29 is 14.3 Å². The minimum atomic E-state index is -0.770. The Labute approximate surface area is 166 Å². The molecule has 2 amide bonds. The number of nitrogens with one attached hydrogen (secondary N) is 2. The molecule has 3 aromatic rings. The van der Waals surface area contributed by atoms with Gasteiger partial charge in [0.15, 0.2) is 0 Å². The molecule has 2 aromatic heterocycles. The summed E-state index contributed by atoms with van der Waals surface area (Å²) in [6, 6.07) is 10.0. The van der Waals surface area contributed by atoms with Crippen molar-refractivity contribution >= 4 is 29.1 Å². The molecule has 0 spiro atoms. The number of rotatable bonds is 6. The van der Waals surface area contributed by atoms with Crippen molar-refractivity contribution in [3.63, 3.8) is 0 Å². The van der Waals surface area contributed by atoms with Gasteiger partial charge in [-0.25, -0.2) is 9.97 Å². The number of pyridine rings is 1. The van der Waals surface area contributed by atoms with Crippen LogP contribution in [0.25, 0.3) is 0 Å². The lowest BCUT2D eigenvalue weighted by atomic mass is 10.3. The predicted molar refractivity (Wildman–Crippen MR) is 104 cm³/mol. The Balaban J connectivity index is 1.47. The van der Waals surface area contributed by atoms with Gasteiger partial charge < -0.3 is 19.9 Å². The molecule has 2 heterocycles. The summed E-state index contributed by atoms with van der Waals surface area (Å²) >= 11 is 5.83. The van der Waals surface area contributed by atoms with Gasteiger partial charge >= 0.3 is 11.8 Å². The lowest BCUT2D eigenvalue weighted by Gasteiger charge is -2.08. The average Bonchev–Trinajstić information content (AvgIpc) is 3.10. The molecule has 0 saturated carbocycles. The van der Waals surface area contributed by atoms with Crippen LogP contribution < -0.4 is 15.4 Å². The van der Waals surface area contributed by atoms with Crippen LogP contribution in [-0.4, -0.2) is 32.9 Å². The largest absolute Gasteiger partial charge is 0.439 e. The smallest absolute Gasteiger partial charge is 0.313 e. The van der Waals surface area contributed by atoms with Gasteiger partial charge in [-0.15, -0.1) is 0 Å². The Bertz CT molecular complexity index is 954. The second-order valence-corrected chi connectivity index (χ2v) is 6.29. The average molecular weight is 400 g/mol. The highest BCUT2D eigenvalue weighted by atomic mass is 35.5. The molecule has 0 aliphatic rings. The van der Waals surface area contributed by atoms with Crippen molar-refractivity contribution in [1.29, 1.82) is 0 Å². The first-order valence-electron chi connectivity index (χ1n) is 8.46. The molecule has 0 fully saturated rings. The van der Waals surface area contributed by atoms with E-state index in [1.807, 2.05) is 17.8 Å². The van der Waals surface area contributed by atoms with Crippen LogP contribution in [0.4, 0.5) is 5.69 Å². The van der Waals surface area contributed by atoms with E-state index in [0.29, 0.717) is 35.3 Å². The summed E-state index contributed by atoms with van der Waals surface area (Å²) in [4.78, 5) is 32.1. The third-order valence-electron chi connectivity index (χ3n) is 3.79. The second-order valence-electron chi connectivity index (χ2n) is 5.86. The highest BCUT2D eigenvalue weighted by Crippen LogP contribution is 2.22. The van der Waals surface area contributed by atoms with E-state index in [1.165, 1.54) is 6.20 Å². The molecule has 9 heteroatoms. The van der Waals surface area contributed by atoms with E-state index < -0.39 is 11.8 Å². The summed E-state index contributed by atoms with van der Waals surface area (Å²) in [6.45, 7) is 0.309. The number of carbonyl (C=O) groups is 2. The van der Waals surface area contributed by atoms with E-state index in [2.05, 4.69) is 20.6 Å². The third kappa shape index (κ3) is 5.31. The van der Waals surface area contributed by atoms with Crippen LogP contribution >= 0.6 is 11.6 Å². The standard InChI is InChI=1S/C19H18ClN5O3/c1-25-11-10-21-16(25)8-9-22-18(26)19(27)24-14-4-7-17(23-12-14)28-15-5-2-13(20)3-6-15/h2-7,10-12H,8-9H2,1H3,(H,22,26)(H,24,27). The predicted octanol–water partition coefficient (Wildman–Crippen LogP) is 2.56. The molecule has 0 unspecified atom stereocenters. The van der Waals surface area contributed by atoms with Crippen molar-refractivity contribution in [3.8, 4) is 11.6 Å². The van der Waals surface area contributed by atoms with Crippen LogP contribution in [0.2, 0.25) is 5.02 Å². The molecule has 8 nitrogen and oxygen atoms in total. The fraction of sp³-hybridized carbons (Fsp3) is 0.158. The first-order chi connectivity index (χ1) is 13.5. The van der Waals surface area contributed by atoms with Crippen molar-refractivity contribution in [2.75, 3.05) is 11.9 Å². The minimum absolute atomic E-state index is 0.309. The van der Waals surface area contributed by atoms with Crippen LogP contribution in [0.5, 0.6) is 11.6 Å². The van der Waals surface area contributed by atoms with Gasteiger partial charge in [-0.3, -0.25) is 9.59 Å². The van der Waals surface area contributed by atoms with Crippen LogP contribution in [0.3, 0.4) is 0 Å². The van der Waals surface area contributed by atoms with Crippen LogP contribution in [-0.2, 0) is 23.1 Å². The number of hydrogen-bond donors (Lipinski definition) is 2. The van der Waals surface area contributed by atoms with Gasteiger partial charge in [0, 0.05) is 43.5 Å². The summed E-state index contributed by atoms with van der Waals surface area (Å²) in [6.07, 6.45) is 5.43. The second kappa shape index (κ2) is 9.01. The Morgan fingerprint density at radius 3 is 2.54 bits per heavy atom. The molecular formula is C19H18ClN5O3. The van der Waals surface area contributed by atoms with E-state index in [9.17, 15) is 9.59 Å². The fourth-order valence-electron chi connectivity index (χ4n) is 2.33. The van der Waals surface area contributed by atoms with Gasteiger partial charge in [0.05, 0.1) is 11.9 Å². The van der Waals surface area contributed by atoms with Gasteiger partial charge in [0.2, 0.25) is 5.88 Å². The van der Waals surface area contributed by atoms with Crippen molar-refractivity contribution in [3.05, 3.63) is 65.8 Å². The highest BCUT2D eigenvalue weighted by molar-refractivity contribution is 6.39. The summed E-state index contributed by atoms with van der Waals surface area (Å²) in [7, 11) is 1.87. The molecular weight excluding hydrogens is 382 g/mol. The Hall–Kier alpha value is -3.39. The van der Waals surface area contributed by atoms with Crippen LogP contribution in [0, 0.1) is 0 Å². The number of benzene rings is 1. The summed E-state index contributed by atoms with van der Waals surface area (Å²) in [5.74, 6) is 0.255. The van der Waals surface area contributed by atoms with Crippen LogP contribution in [0.15, 0.2) is 55.0 Å². The summed E-state index contributed by atoms with van der Waals surface area (Å²) in [5, 5.41) is 5.65. The van der Waals surface area contributed by atoms with Gasteiger partial charge in [-0.05, 0) is 30.3 Å². The molecule has 0 saturated heterocycles. The number of ether oxygens (including phenoxy) is 1. The van der Waals surface area contributed by atoms with Crippen molar-refractivity contribution in [1.82, 2.24) is 19.9 Å². The lowest BCUT2D eigenvalue weighted by molar-refractivity contribution is -0.136. The zero-order valence-electron chi connectivity index (χ0n) is 15.1. The number of anilines is 1. The molecule has 0 atom stereocenters. The number of amides is 2. The number of nitrogens with zero attached hydrogens (tertiary/aromatic N) is 3. The lowest BCUT2D eigenvalue weighted by Crippen LogP contribution is -2.36. The first-order valence-corrected chi connectivity index (χ1v) is 8.84. The Kier molecular flexibility index (Phi) is 6.23. The number of aryl methyl sites for hydroxylation is 1. The third-order valence-corrected chi connectivity index (χ3v) is 4.04. The molecule has 0 aliphatic carbocycles. The van der Waals surface area contributed by atoms with Crippen molar-refractivity contribution in [2.45, 2.75) is 6.42 Å². The van der Waals surface area contributed by atoms with E-state index in [1.54, 1.807) is 42.6 Å². The fourth-order valence-corrected chi connectivity index (χ4v) is 2.46. The van der Waals surface area contributed by atoms with E-state index in [4.69, 9.17) is 16.3 Å². The first kappa shape index (κ1) is 19.4. The van der Waals surface area contributed by atoms with Crippen molar-refractivity contribution in [2.24, 2.45) is 7.05 Å². The molecule has 0 aliphatic heterocycles. The quantitative estimate of drug-likeness (QED) is 0.621. The number of halogens is 1. The normalized spacial score (nSPS) is 10.4. The van der Waals surface area contributed by atoms with E-state index >= 15 is 0 Å². The molecule has 0 radical (unpaired) electrons. The van der Waals surface area contributed by atoms with Gasteiger partial charge in [0.1, 0.15) is 11.6 Å². The molecule has 3 rings (SSSR count). The Morgan fingerprint density at radius 2 is 1.89 bits per heavy atom. The maximum absolute atomic E-state index is 12.0. The zero-order chi connectivity index (χ0) is 19.9. The van der Waals surface area contributed by atoms with E-state index in [-0.39, 0.29) is 0 Å². The molecule has 0 bridgehead atoms. The molecule has 1 aromatic carbocycles. The number of imidazole rings is 1. The summed E-state index contributed by atoms with van der Waals surface area (Å²) < 4.78 is 7.42. The van der Waals surface area contributed by atoms with Gasteiger partial charge in [-0.2, -0.15) is 0 Å². The number of hydrogen-bond acceptors (Lipinski definition) is 5. The maximum atomic E-state index is 12.0. The molecule has 144 valence electrons. The monoisotopic (exact) mass is 399 g/mol. The molecule has 2 N–H and O–H groups in total. The van der Waals surface area contributed by atoms with Crippen LogP contribution in [0.1, 0.15) is 5.82 Å². The Morgan fingerprint density at radius 1 is 1.11 bits per heavy atom. The van der Waals surface area contributed by atoms with E-state index in [0.717, 1.165) is 5.82 Å². The van der Waals surface area contributed by atoms with Gasteiger partial charge in [-0.1, -0.05) is 11.6 Å². The topological polar surface area (TPSA) is 98.1 Å². The highest BCUT2D eigenvalue weighted by Gasteiger charge is 2.14. The molecule has 28 heavy (non-hydrogen) atoms. The maximum Gasteiger partial charge on any atom is 0.313 e. The van der Waals surface area contributed by atoms with Gasteiger partial charge in [0.25, 0.3) is 0 Å². The SMILES string of the molecule is Cn1ccnc1CCNC(=O)C(=O)Nc1ccc(Oc2ccc(Cl)cc2)nc1. The summed E-state index contributed by atoms with van der Waals surface area (Å²) in [5.41, 5.74) is 0.382. The zero-order valence-corrected chi connectivity index (χ0v) is 15.8. The number of carbonyl (C=O) groups excluding carboxylic acids is 2. The minimum Gasteiger partial charge on any atom is -0.439 e. The number of aromatic nitrogens is 3.